The molecule has 0 unspecified atom stereocenters. The van der Waals surface area contributed by atoms with Gasteiger partial charge in [-0.2, -0.15) is 0 Å². The molecule has 6 heteroatoms. The molecular formula is C20H20ClN3O2. The molecule has 4 rings (SSSR count). The third-order valence-corrected chi connectivity index (χ3v) is 5.86. The minimum Gasteiger partial charge on any atom is -0.334 e. The van der Waals surface area contributed by atoms with Gasteiger partial charge in [-0.3, -0.25) is 9.59 Å². The van der Waals surface area contributed by atoms with E-state index in [1.54, 1.807) is 17.0 Å². The Morgan fingerprint density at radius 1 is 1.08 bits per heavy atom. The lowest BCUT2D eigenvalue weighted by Gasteiger charge is -2.39. The average molecular weight is 370 g/mol. The molecular weight excluding hydrogens is 350 g/mol. The van der Waals surface area contributed by atoms with E-state index in [1.807, 2.05) is 0 Å². The molecule has 0 saturated carbocycles. The largest absolute Gasteiger partial charge is 0.334 e. The van der Waals surface area contributed by atoms with Crippen molar-refractivity contribution in [2.24, 2.45) is 0 Å². The molecule has 1 aliphatic carbocycles. The number of rotatable bonds is 1. The van der Waals surface area contributed by atoms with E-state index < -0.39 is 11.8 Å². The Labute approximate surface area is 157 Å². The van der Waals surface area contributed by atoms with Crippen LogP contribution in [-0.4, -0.2) is 34.8 Å². The van der Waals surface area contributed by atoms with E-state index in [0.717, 1.165) is 25.7 Å². The average Bonchev–Trinajstić information content (AvgIpc) is 3.02. The quantitative estimate of drug-likeness (QED) is 0.785. The Bertz CT molecular complexity index is 842. The van der Waals surface area contributed by atoms with Crippen LogP contribution in [0.4, 0.5) is 5.82 Å². The van der Waals surface area contributed by atoms with Crippen LogP contribution in [0.15, 0.2) is 42.6 Å². The number of hydrogen-bond acceptors (Lipinski definition) is 3. The van der Waals surface area contributed by atoms with Gasteiger partial charge >= 0.3 is 11.8 Å². The maximum absolute atomic E-state index is 12.5. The van der Waals surface area contributed by atoms with E-state index in [9.17, 15) is 9.59 Å². The first kappa shape index (κ1) is 17.0. The smallest absolute Gasteiger partial charge is 0.315 e. The maximum atomic E-state index is 12.5. The van der Waals surface area contributed by atoms with Crippen LogP contribution in [0.25, 0.3) is 0 Å². The van der Waals surface area contributed by atoms with Crippen LogP contribution in [0, 0.1) is 0 Å². The molecule has 134 valence electrons. The van der Waals surface area contributed by atoms with E-state index in [0.29, 0.717) is 23.9 Å². The van der Waals surface area contributed by atoms with Gasteiger partial charge in [-0.1, -0.05) is 35.9 Å². The van der Waals surface area contributed by atoms with Crippen LogP contribution in [0.1, 0.15) is 30.4 Å². The molecule has 1 N–H and O–H groups in total. The fourth-order valence-corrected chi connectivity index (χ4v) is 4.30. The number of aromatic nitrogens is 1. The SMILES string of the molecule is O=C(Nc1ccc(Cl)cn1)C(=O)N1CCC2(CCc3ccccc32)CC1. The summed E-state index contributed by atoms with van der Waals surface area (Å²) in [5.74, 6) is -0.823. The van der Waals surface area contributed by atoms with E-state index in [1.165, 1.54) is 17.3 Å². The summed E-state index contributed by atoms with van der Waals surface area (Å²) in [7, 11) is 0. The number of nitrogens with one attached hydrogen (secondary N) is 1. The fraction of sp³-hybridized carbons (Fsp3) is 0.350. The molecule has 1 spiro atoms. The summed E-state index contributed by atoms with van der Waals surface area (Å²) in [4.78, 5) is 30.4. The molecule has 26 heavy (non-hydrogen) atoms. The van der Waals surface area contributed by atoms with Crippen molar-refractivity contribution in [3.63, 3.8) is 0 Å². The molecule has 0 atom stereocenters. The Balaban J connectivity index is 1.39. The number of carbonyl (C=O) groups is 2. The van der Waals surface area contributed by atoms with Gasteiger partial charge < -0.3 is 10.2 Å². The molecule has 0 bridgehead atoms. The molecule has 2 aromatic rings. The number of piperidine rings is 1. The highest BCUT2D eigenvalue weighted by Crippen LogP contribution is 2.46. The summed E-state index contributed by atoms with van der Waals surface area (Å²) in [5.41, 5.74) is 3.03. The number of hydrogen-bond donors (Lipinski definition) is 1. The number of fused-ring (bicyclic) bond motifs is 2. The van der Waals surface area contributed by atoms with Crippen molar-refractivity contribution >= 4 is 29.2 Å². The molecule has 1 fully saturated rings. The molecule has 1 aromatic carbocycles. The summed E-state index contributed by atoms with van der Waals surface area (Å²) < 4.78 is 0. The Morgan fingerprint density at radius 3 is 2.58 bits per heavy atom. The Morgan fingerprint density at radius 2 is 1.85 bits per heavy atom. The summed E-state index contributed by atoms with van der Waals surface area (Å²) in [5, 5.41) is 3.02. The van der Waals surface area contributed by atoms with Crippen molar-refractivity contribution < 1.29 is 9.59 Å². The second kappa shape index (κ2) is 6.72. The summed E-state index contributed by atoms with van der Waals surface area (Å²) in [6.07, 6.45) is 5.48. The minimum atomic E-state index is -0.650. The van der Waals surface area contributed by atoms with Crippen molar-refractivity contribution in [3.05, 3.63) is 58.7 Å². The van der Waals surface area contributed by atoms with Crippen molar-refractivity contribution in [1.82, 2.24) is 9.88 Å². The molecule has 2 amide bonds. The van der Waals surface area contributed by atoms with Gasteiger partial charge in [-0.15, -0.1) is 0 Å². The van der Waals surface area contributed by atoms with Crippen LogP contribution < -0.4 is 5.32 Å². The molecule has 0 radical (unpaired) electrons. The number of aryl methyl sites for hydroxylation is 1. The van der Waals surface area contributed by atoms with Gasteiger partial charge in [0.05, 0.1) is 5.02 Å². The van der Waals surface area contributed by atoms with E-state index in [-0.39, 0.29) is 5.41 Å². The molecule has 5 nitrogen and oxygen atoms in total. The Hall–Kier alpha value is -2.40. The van der Waals surface area contributed by atoms with Gasteiger partial charge in [-0.25, -0.2) is 4.98 Å². The first-order valence-corrected chi connectivity index (χ1v) is 9.25. The van der Waals surface area contributed by atoms with Gasteiger partial charge in [0.25, 0.3) is 0 Å². The third kappa shape index (κ3) is 3.07. The van der Waals surface area contributed by atoms with E-state index in [4.69, 9.17) is 11.6 Å². The van der Waals surface area contributed by atoms with Crippen LogP contribution >= 0.6 is 11.6 Å². The highest BCUT2D eigenvalue weighted by atomic mass is 35.5. The first-order valence-electron chi connectivity index (χ1n) is 8.88. The second-order valence-electron chi connectivity index (χ2n) is 7.05. The first-order chi connectivity index (χ1) is 12.6. The molecule has 1 aromatic heterocycles. The zero-order chi connectivity index (χ0) is 18.1. The predicted molar refractivity (Wildman–Crippen MR) is 100 cm³/mol. The van der Waals surface area contributed by atoms with Gasteiger partial charge in [0.15, 0.2) is 0 Å². The lowest BCUT2D eigenvalue weighted by molar-refractivity contribution is -0.144. The third-order valence-electron chi connectivity index (χ3n) is 5.63. The summed E-state index contributed by atoms with van der Waals surface area (Å²) in [6, 6.07) is 11.8. The van der Waals surface area contributed by atoms with Crippen LogP contribution in [0.5, 0.6) is 0 Å². The maximum Gasteiger partial charge on any atom is 0.315 e. The zero-order valence-electron chi connectivity index (χ0n) is 14.4. The standard InChI is InChI=1S/C20H20ClN3O2/c21-15-5-6-17(22-13-15)23-18(25)19(26)24-11-9-20(10-12-24)8-7-14-3-1-2-4-16(14)20/h1-6,13H,7-12H2,(H,22,23,25). The van der Waals surface area contributed by atoms with Gasteiger partial charge in [0.1, 0.15) is 5.82 Å². The van der Waals surface area contributed by atoms with Crippen LogP contribution in [0.2, 0.25) is 5.02 Å². The highest BCUT2D eigenvalue weighted by Gasteiger charge is 2.42. The summed E-state index contributed by atoms with van der Waals surface area (Å²) >= 11 is 5.78. The van der Waals surface area contributed by atoms with Crippen molar-refractivity contribution in [2.45, 2.75) is 31.1 Å². The van der Waals surface area contributed by atoms with Gasteiger partial charge in [0.2, 0.25) is 0 Å². The van der Waals surface area contributed by atoms with E-state index in [2.05, 4.69) is 34.6 Å². The van der Waals surface area contributed by atoms with Gasteiger partial charge in [-0.05, 0) is 54.4 Å². The van der Waals surface area contributed by atoms with Crippen LogP contribution in [0.3, 0.4) is 0 Å². The van der Waals surface area contributed by atoms with Crippen molar-refractivity contribution in [2.75, 3.05) is 18.4 Å². The molecule has 2 heterocycles. The fourth-order valence-electron chi connectivity index (χ4n) is 4.18. The molecule has 1 aliphatic heterocycles. The van der Waals surface area contributed by atoms with Gasteiger partial charge in [0, 0.05) is 19.3 Å². The van der Waals surface area contributed by atoms with Crippen molar-refractivity contribution in [1.29, 1.82) is 0 Å². The lowest BCUT2D eigenvalue weighted by atomic mass is 9.74. The molecule has 1 saturated heterocycles. The zero-order valence-corrected chi connectivity index (χ0v) is 15.1. The van der Waals surface area contributed by atoms with E-state index >= 15 is 0 Å². The second-order valence-corrected chi connectivity index (χ2v) is 7.48. The summed E-state index contributed by atoms with van der Waals surface area (Å²) in [6.45, 7) is 1.21. The Kier molecular flexibility index (Phi) is 4.41. The number of anilines is 1. The normalized spacial score (nSPS) is 17.8. The number of likely N-dealkylation sites (tertiary alicyclic amines) is 1. The monoisotopic (exact) mass is 369 g/mol. The predicted octanol–water partition coefficient (Wildman–Crippen LogP) is 3.18. The number of nitrogens with zero attached hydrogens (tertiary/aromatic N) is 2. The number of amides is 2. The van der Waals surface area contributed by atoms with Crippen molar-refractivity contribution in [3.8, 4) is 0 Å². The lowest BCUT2D eigenvalue weighted by Crippen LogP contribution is -2.48. The number of carbonyl (C=O) groups excluding carboxylic acids is 2. The number of pyridine rings is 1. The topological polar surface area (TPSA) is 62.3 Å². The van der Waals surface area contributed by atoms with Crippen LogP contribution in [-0.2, 0) is 21.4 Å². The highest BCUT2D eigenvalue weighted by molar-refractivity contribution is 6.39. The molecule has 2 aliphatic rings. The number of halogens is 1. The number of benzene rings is 1. The minimum absolute atomic E-state index is 0.168.